The number of anilines is 1. The van der Waals surface area contributed by atoms with E-state index >= 15 is 0 Å². The molecule has 1 aromatic carbocycles. The minimum Gasteiger partial charge on any atom is -0.349 e. The normalized spacial score (nSPS) is 14.6. The van der Waals surface area contributed by atoms with Gasteiger partial charge in [-0.25, -0.2) is 14.4 Å². The number of aromatic nitrogens is 2. The van der Waals surface area contributed by atoms with Gasteiger partial charge in [-0.3, -0.25) is 9.59 Å². The number of Topliss-reactive ketones (excluding diaryl/α,β-unsaturated/α-hetero) is 2. The van der Waals surface area contributed by atoms with Crippen molar-refractivity contribution in [2.24, 2.45) is 0 Å². The lowest BCUT2D eigenvalue weighted by molar-refractivity contribution is -0.137. The SMILES string of the molecule is O=C1C(Br)=C(Nc2cc(C(F)(F)F)ccc2F)C(=O)c2nccnc21. The molecule has 2 aromatic rings. The molecule has 1 aliphatic carbocycles. The predicted molar refractivity (Wildman–Crippen MR) is 81.7 cm³/mol. The van der Waals surface area contributed by atoms with Gasteiger partial charge in [0.05, 0.1) is 15.7 Å². The van der Waals surface area contributed by atoms with Crippen molar-refractivity contribution in [3.8, 4) is 0 Å². The van der Waals surface area contributed by atoms with Gasteiger partial charge in [-0.1, -0.05) is 0 Å². The summed E-state index contributed by atoms with van der Waals surface area (Å²) in [6.45, 7) is 0. The predicted octanol–water partition coefficient (Wildman–Crippen LogP) is 3.73. The minimum atomic E-state index is -4.69. The maximum Gasteiger partial charge on any atom is 0.416 e. The van der Waals surface area contributed by atoms with Crippen molar-refractivity contribution < 1.29 is 27.2 Å². The van der Waals surface area contributed by atoms with Crippen LogP contribution in [0.2, 0.25) is 0 Å². The van der Waals surface area contributed by atoms with E-state index in [1.54, 1.807) is 0 Å². The lowest BCUT2D eigenvalue weighted by atomic mass is 10.0. The van der Waals surface area contributed by atoms with E-state index in [0.717, 1.165) is 0 Å². The second kappa shape index (κ2) is 6.03. The lowest BCUT2D eigenvalue weighted by Crippen LogP contribution is -2.26. The highest BCUT2D eigenvalue weighted by molar-refractivity contribution is 9.12. The minimum absolute atomic E-state index is 0.200. The molecule has 5 nitrogen and oxygen atoms in total. The summed E-state index contributed by atoms with van der Waals surface area (Å²) in [5.41, 5.74) is -2.60. The summed E-state index contributed by atoms with van der Waals surface area (Å²) in [5, 5.41) is 2.25. The van der Waals surface area contributed by atoms with E-state index in [1.807, 2.05) is 0 Å². The molecule has 0 unspecified atom stereocenters. The molecule has 0 saturated heterocycles. The van der Waals surface area contributed by atoms with Crippen LogP contribution in [0.1, 0.15) is 26.5 Å². The summed E-state index contributed by atoms with van der Waals surface area (Å²) in [6.07, 6.45) is -2.29. The lowest BCUT2D eigenvalue weighted by Gasteiger charge is -2.18. The Labute approximate surface area is 145 Å². The van der Waals surface area contributed by atoms with E-state index in [9.17, 15) is 27.2 Å². The van der Waals surface area contributed by atoms with Crippen LogP contribution in [0.4, 0.5) is 23.2 Å². The molecule has 0 saturated carbocycles. The van der Waals surface area contributed by atoms with Crippen LogP contribution in [0.5, 0.6) is 0 Å². The molecular weight excluding hydrogens is 410 g/mol. The number of fused-ring (bicyclic) bond motifs is 1. The Morgan fingerprint density at radius 2 is 1.60 bits per heavy atom. The maximum absolute atomic E-state index is 13.9. The number of allylic oxidation sites excluding steroid dienone is 2. The molecule has 25 heavy (non-hydrogen) atoms. The van der Waals surface area contributed by atoms with Gasteiger partial charge in [0.1, 0.15) is 22.9 Å². The Morgan fingerprint density at radius 3 is 2.20 bits per heavy atom. The van der Waals surface area contributed by atoms with Gasteiger partial charge in [0.25, 0.3) is 0 Å². The fraction of sp³-hybridized carbons (Fsp3) is 0.0667. The first-order chi connectivity index (χ1) is 11.7. The van der Waals surface area contributed by atoms with E-state index in [1.165, 1.54) is 12.4 Å². The molecule has 0 radical (unpaired) electrons. The molecule has 10 heteroatoms. The highest BCUT2D eigenvalue weighted by atomic mass is 79.9. The van der Waals surface area contributed by atoms with Gasteiger partial charge >= 0.3 is 6.18 Å². The van der Waals surface area contributed by atoms with Crippen LogP contribution in [0.25, 0.3) is 0 Å². The number of alkyl halides is 3. The van der Waals surface area contributed by atoms with Crippen molar-refractivity contribution in [2.45, 2.75) is 6.18 Å². The van der Waals surface area contributed by atoms with Crippen molar-refractivity contribution in [1.29, 1.82) is 0 Å². The van der Waals surface area contributed by atoms with Crippen molar-refractivity contribution in [3.63, 3.8) is 0 Å². The van der Waals surface area contributed by atoms with Crippen LogP contribution < -0.4 is 5.32 Å². The summed E-state index contributed by atoms with van der Waals surface area (Å²) >= 11 is 2.90. The highest BCUT2D eigenvalue weighted by Crippen LogP contribution is 2.34. The van der Waals surface area contributed by atoms with Crippen LogP contribution in [-0.2, 0) is 6.18 Å². The Hall–Kier alpha value is -2.62. The average molecular weight is 416 g/mol. The van der Waals surface area contributed by atoms with E-state index in [4.69, 9.17) is 0 Å². The van der Waals surface area contributed by atoms with Gasteiger partial charge in [0, 0.05) is 12.4 Å². The zero-order valence-electron chi connectivity index (χ0n) is 12.0. The van der Waals surface area contributed by atoms with Crippen LogP contribution in [0.15, 0.2) is 40.8 Å². The molecule has 1 heterocycles. The van der Waals surface area contributed by atoms with E-state index in [-0.39, 0.29) is 15.9 Å². The summed E-state index contributed by atoms with van der Waals surface area (Å²) in [7, 11) is 0. The number of carbonyl (C=O) groups excluding carboxylic acids is 2. The third-order valence-corrected chi connectivity index (χ3v) is 4.08. The number of hydrogen-bond donors (Lipinski definition) is 1. The van der Waals surface area contributed by atoms with Gasteiger partial charge < -0.3 is 5.32 Å². The molecule has 0 fully saturated rings. The van der Waals surface area contributed by atoms with E-state index < -0.39 is 40.5 Å². The number of rotatable bonds is 2. The van der Waals surface area contributed by atoms with Crippen molar-refractivity contribution in [1.82, 2.24) is 9.97 Å². The molecule has 1 N–H and O–H groups in total. The molecule has 1 aliphatic rings. The molecule has 0 atom stereocenters. The van der Waals surface area contributed by atoms with Crippen molar-refractivity contribution in [3.05, 3.63) is 63.5 Å². The highest BCUT2D eigenvalue weighted by Gasteiger charge is 2.35. The average Bonchev–Trinajstić information content (AvgIpc) is 2.57. The fourth-order valence-electron chi connectivity index (χ4n) is 2.15. The number of ketones is 2. The molecule has 128 valence electrons. The zero-order valence-corrected chi connectivity index (χ0v) is 13.6. The summed E-state index contributed by atoms with van der Waals surface area (Å²) in [6, 6.07) is 1.69. The third kappa shape index (κ3) is 3.04. The summed E-state index contributed by atoms with van der Waals surface area (Å²) in [4.78, 5) is 32.1. The fourth-order valence-corrected chi connectivity index (χ4v) is 2.62. The summed E-state index contributed by atoms with van der Waals surface area (Å²) in [5.74, 6) is -2.52. The summed E-state index contributed by atoms with van der Waals surface area (Å²) < 4.78 is 51.9. The quantitative estimate of drug-likeness (QED) is 0.756. The molecule has 3 rings (SSSR count). The number of nitrogens with one attached hydrogen (secondary N) is 1. The standard InChI is InChI=1S/C15H6BrF4N3O2/c16-9-10(14(25)12-11(13(9)24)21-3-4-22-12)23-8-5-6(15(18,19)20)1-2-7(8)17/h1-5,23H. The Bertz CT molecular complexity index is 941. The first-order valence-electron chi connectivity index (χ1n) is 6.64. The number of halogens is 5. The topological polar surface area (TPSA) is 72.0 Å². The first-order valence-corrected chi connectivity index (χ1v) is 7.43. The number of nitrogens with zero attached hydrogens (tertiary/aromatic N) is 2. The van der Waals surface area contributed by atoms with Gasteiger partial charge in [-0.2, -0.15) is 13.2 Å². The number of carbonyl (C=O) groups is 2. The van der Waals surface area contributed by atoms with Gasteiger partial charge in [0.15, 0.2) is 0 Å². The Balaban J connectivity index is 2.05. The second-order valence-corrected chi connectivity index (χ2v) is 5.71. The van der Waals surface area contributed by atoms with Gasteiger partial charge in [-0.15, -0.1) is 0 Å². The molecular formula is C15H6BrF4N3O2. The van der Waals surface area contributed by atoms with Crippen molar-refractivity contribution in [2.75, 3.05) is 5.32 Å². The van der Waals surface area contributed by atoms with Crippen molar-refractivity contribution >= 4 is 33.2 Å². The van der Waals surface area contributed by atoms with Gasteiger partial charge in [-0.05, 0) is 34.1 Å². The maximum atomic E-state index is 13.9. The molecule has 0 aliphatic heterocycles. The molecule has 1 aromatic heterocycles. The van der Waals surface area contributed by atoms with E-state index in [2.05, 4.69) is 31.2 Å². The van der Waals surface area contributed by atoms with Crippen LogP contribution >= 0.6 is 15.9 Å². The molecule has 0 spiro atoms. The second-order valence-electron chi connectivity index (χ2n) is 4.92. The largest absolute Gasteiger partial charge is 0.416 e. The monoisotopic (exact) mass is 415 g/mol. The smallest absolute Gasteiger partial charge is 0.349 e. The third-order valence-electron chi connectivity index (χ3n) is 3.33. The van der Waals surface area contributed by atoms with Gasteiger partial charge in [0.2, 0.25) is 11.6 Å². The Kier molecular flexibility index (Phi) is 4.15. The number of hydrogen-bond acceptors (Lipinski definition) is 5. The zero-order chi connectivity index (χ0) is 18.4. The molecule has 0 bridgehead atoms. The number of benzene rings is 1. The first kappa shape index (κ1) is 17.2. The van der Waals surface area contributed by atoms with Crippen LogP contribution in [0.3, 0.4) is 0 Å². The van der Waals surface area contributed by atoms with Crippen LogP contribution in [0, 0.1) is 5.82 Å². The van der Waals surface area contributed by atoms with E-state index in [0.29, 0.717) is 18.2 Å². The molecule has 0 amide bonds. The van der Waals surface area contributed by atoms with Crippen LogP contribution in [-0.4, -0.2) is 21.5 Å². The Morgan fingerprint density at radius 1 is 1.00 bits per heavy atom.